The lowest BCUT2D eigenvalue weighted by atomic mass is 10.0. The SMILES string of the molecule is Cn1c(=O)c2c(nc(N3CCN(CC(=O)Nc4ccc(Cl)cc4C(=O)c4ccccc4)CC3)n2Cc2ccccc2)n(C)c1=O. The van der Waals surface area contributed by atoms with Gasteiger partial charge in [-0.1, -0.05) is 72.3 Å². The number of hydrogen-bond acceptors (Lipinski definition) is 7. The zero-order chi connectivity index (χ0) is 31.7. The number of hydrogen-bond donors (Lipinski definition) is 1. The van der Waals surface area contributed by atoms with Crippen molar-refractivity contribution in [3.8, 4) is 0 Å². The summed E-state index contributed by atoms with van der Waals surface area (Å²) >= 11 is 6.20. The van der Waals surface area contributed by atoms with Crippen molar-refractivity contribution in [3.05, 3.63) is 121 Å². The number of ketones is 1. The largest absolute Gasteiger partial charge is 0.340 e. The van der Waals surface area contributed by atoms with Crippen LogP contribution in [0.2, 0.25) is 5.02 Å². The summed E-state index contributed by atoms with van der Waals surface area (Å²) in [5.74, 6) is 0.122. The summed E-state index contributed by atoms with van der Waals surface area (Å²) < 4.78 is 4.38. The summed E-state index contributed by atoms with van der Waals surface area (Å²) in [7, 11) is 3.09. The van der Waals surface area contributed by atoms with E-state index in [1.807, 2.05) is 45.9 Å². The van der Waals surface area contributed by atoms with Crippen LogP contribution in [0.3, 0.4) is 0 Å². The van der Waals surface area contributed by atoms with Gasteiger partial charge in [-0.3, -0.25) is 33.0 Å². The second-order valence-corrected chi connectivity index (χ2v) is 11.5. The predicted octanol–water partition coefficient (Wildman–Crippen LogP) is 3.13. The minimum absolute atomic E-state index is 0.130. The molecule has 0 unspecified atom stereocenters. The molecule has 1 N–H and O–H groups in total. The molecule has 3 heterocycles. The van der Waals surface area contributed by atoms with Crippen molar-refractivity contribution in [1.29, 1.82) is 0 Å². The maximum atomic E-state index is 13.3. The number of nitrogens with zero attached hydrogens (tertiary/aromatic N) is 6. The molecular formula is C33H32ClN7O4. The number of rotatable bonds is 8. The Morgan fingerprint density at radius 2 is 1.53 bits per heavy atom. The molecule has 0 spiro atoms. The van der Waals surface area contributed by atoms with Gasteiger partial charge in [-0.2, -0.15) is 4.98 Å². The van der Waals surface area contributed by atoms with E-state index in [0.29, 0.717) is 71.7 Å². The molecule has 12 heteroatoms. The van der Waals surface area contributed by atoms with Gasteiger partial charge in [-0.25, -0.2) is 4.79 Å². The van der Waals surface area contributed by atoms with E-state index in [1.54, 1.807) is 49.5 Å². The molecule has 0 atom stereocenters. The van der Waals surface area contributed by atoms with Gasteiger partial charge in [-0.05, 0) is 23.8 Å². The predicted molar refractivity (Wildman–Crippen MR) is 174 cm³/mol. The molecule has 6 rings (SSSR count). The molecule has 45 heavy (non-hydrogen) atoms. The molecule has 0 radical (unpaired) electrons. The maximum Gasteiger partial charge on any atom is 0.332 e. The Balaban J connectivity index is 1.19. The quantitative estimate of drug-likeness (QED) is 0.264. The first-order valence-electron chi connectivity index (χ1n) is 14.6. The number of anilines is 2. The van der Waals surface area contributed by atoms with Gasteiger partial charge < -0.3 is 10.2 Å². The molecule has 0 aliphatic carbocycles. The number of nitrogens with one attached hydrogen (secondary N) is 1. The molecule has 5 aromatic rings. The number of fused-ring (bicyclic) bond motifs is 1. The van der Waals surface area contributed by atoms with Crippen molar-refractivity contribution < 1.29 is 9.59 Å². The van der Waals surface area contributed by atoms with Gasteiger partial charge in [0.25, 0.3) is 5.56 Å². The highest BCUT2D eigenvalue weighted by Crippen LogP contribution is 2.25. The van der Waals surface area contributed by atoms with E-state index in [0.717, 1.165) is 10.1 Å². The standard InChI is InChI=1S/C33H32ClN7O4/c1-37-30-28(31(44)38(2)33(37)45)41(20-22-9-5-3-6-10-22)32(36-30)40-17-15-39(16-18-40)21-27(42)35-26-14-13-24(34)19-25(26)29(43)23-11-7-4-8-12-23/h3-14,19H,15-18,20-21H2,1-2H3,(H,35,42). The van der Waals surface area contributed by atoms with Crippen LogP contribution in [-0.4, -0.2) is 68.0 Å². The fourth-order valence-electron chi connectivity index (χ4n) is 5.65. The summed E-state index contributed by atoms with van der Waals surface area (Å²) in [5, 5.41) is 3.30. The fraction of sp³-hybridized carbons (Fsp3) is 0.242. The number of halogens is 1. The van der Waals surface area contributed by atoms with Crippen molar-refractivity contribution in [2.45, 2.75) is 6.54 Å². The van der Waals surface area contributed by atoms with Crippen LogP contribution in [0.15, 0.2) is 88.5 Å². The lowest BCUT2D eigenvalue weighted by Crippen LogP contribution is -2.49. The van der Waals surface area contributed by atoms with Crippen LogP contribution in [0.4, 0.5) is 11.6 Å². The van der Waals surface area contributed by atoms with Crippen LogP contribution in [0.1, 0.15) is 21.5 Å². The highest BCUT2D eigenvalue weighted by Gasteiger charge is 2.27. The number of piperazine rings is 1. The first-order chi connectivity index (χ1) is 21.7. The van der Waals surface area contributed by atoms with Gasteiger partial charge in [-0.15, -0.1) is 0 Å². The van der Waals surface area contributed by atoms with Crippen molar-refractivity contribution in [2.75, 3.05) is 42.9 Å². The Kier molecular flexibility index (Phi) is 8.38. The molecule has 1 aliphatic rings. The zero-order valence-electron chi connectivity index (χ0n) is 24.9. The Labute approximate surface area is 263 Å². The Morgan fingerprint density at radius 3 is 2.22 bits per heavy atom. The average molecular weight is 626 g/mol. The lowest BCUT2D eigenvalue weighted by molar-refractivity contribution is -0.117. The highest BCUT2D eigenvalue weighted by atomic mass is 35.5. The molecule has 1 amide bonds. The van der Waals surface area contributed by atoms with Gasteiger partial charge in [0.05, 0.1) is 18.8 Å². The maximum absolute atomic E-state index is 13.3. The van der Waals surface area contributed by atoms with Gasteiger partial charge >= 0.3 is 5.69 Å². The molecule has 11 nitrogen and oxygen atoms in total. The number of benzene rings is 3. The summed E-state index contributed by atoms with van der Waals surface area (Å²) in [4.78, 5) is 61.2. The van der Waals surface area contributed by atoms with Crippen molar-refractivity contribution >= 4 is 46.1 Å². The number of aryl methyl sites for hydroxylation is 1. The van der Waals surface area contributed by atoms with Crippen molar-refractivity contribution in [2.24, 2.45) is 14.1 Å². The second-order valence-electron chi connectivity index (χ2n) is 11.1. The molecule has 0 saturated carbocycles. The van der Waals surface area contributed by atoms with Crippen molar-refractivity contribution in [1.82, 2.24) is 23.6 Å². The Bertz CT molecular complexity index is 2010. The summed E-state index contributed by atoms with van der Waals surface area (Å²) in [5.41, 5.74) is 2.09. The van der Waals surface area contributed by atoms with E-state index >= 15 is 0 Å². The molecule has 230 valence electrons. The third-order valence-electron chi connectivity index (χ3n) is 8.07. The third-order valence-corrected chi connectivity index (χ3v) is 8.31. The number of carbonyl (C=O) groups is 2. The number of imidazole rings is 1. The average Bonchev–Trinajstić information content (AvgIpc) is 3.43. The molecule has 2 aromatic heterocycles. The lowest BCUT2D eigenvalue weighted by Gasteiger charge is -2.35. The first kappa shape index (κ1) is 30.0. The number of carbonyl (C=O) groups excluding carboxylic acids is 2. The number of amides is 1. The van der Waals surface area contributed by atoms with Crippen LogP contribution in [0.5, 0.6) is 0 Å². The van der Waals surface area contributed by atoms with Gasteiger partial charge in [0.2, 0.25) is 11.9 Å². The normalized spacial score (nSPS) is 13.7. The monoisotopic (exact) mass is 625 g/mol. The molecule has 1 saturated heterocycles. The molecular weight excluding hydrogens is 594 g/mol. The second kappa shape index (κ2) is 12.5. The van der Waals surface area contributed by atoms with Gasteiger partial charge in [0.1, 0.15) is 0 Å². The Morgan fingerprint density at radius 1 is 0.867 bits per heavy atom. The van der Waals surface area contributed by atoms with E-state index in [1.165, 1.54) is 11.6 Å². The van der Waals surface area contributed by atoms with Crippen LogP contribution in [0.25, 0.3) is 11.2 Å². The van der Waals surface area contributed by atoms with E-state index in [2.05, 4.69) is 10.2 Å². The van der Waals surface area contributed by atoms with E-state index in [-0.39, 0.29) is 18.2 Å². The molecule has 0 bridgehead atoms. The molecule has 3 aromatic carbocycles. The Hall–Kier alpha value is -5.00. The number of aromatic nitrogens is 4. The summed E-state index contributed by atoms with van der Waals surface area (Å²) in [6.45, 7) is 2.78. The van der Waals surface area contributed by atoms with Crippen LogP contribution in [-0.2, 0) is 25.4 Å². The van der Waals surface area contributed by atoms with E-state index in [4.69, 9.17) is 16.6 Å². The van der Waals surface area contributed by atoms with Crippen LogP contribution in [0, 0.1) is 0 Å². The molecule has 1 aliphatic heterocycles. The summed E-state index contributed by atoms with van der Waals surface area (Å²) in [6, 6.07) is 23.5. The van der Waals surface area contributed by atoms with Gasteiger partial charge in [0.15, 0.2) is 16.9 Å². The zero-order valence-corrected chi connectivity index (χ0v) is 25.7. The van der Waals surface area contributed by atoms with Crippen molar-refractivity contribution in [3.63, 3.8) is 0 Å². The van der Waals surface area contributed by atoms with Crippen LogP contribution < -0.4 is 21.5 Å². The minimum atomic E-state index is -0.437. The van der Waals surface area contributed by atoms with Crippen LogP contribution >= 0.6 is 11.6 Å². The van der Waals surface area contributed by atoms with E-state index in [9.17, 15) is 19.2 Å². The minimum Gasteiger partial charge on any atom is -0.340 e. The van der Waals surface area contributed by atoms with E-state index < -0.39 is 11.2 Å². The highest BCUT2D eigenvalue weighted by molar-refractivity contribution is 6.31. The molecule has 1 fully saturated rings. The third kappa shape index (κ3) is 6.04. The first-order valence-corrected chi connectivity index (χ1v) is 15.0. The van der Waals surface area contributed by atoms with Gasteiger partial charge in [0, 0.05) is 56.4 Å². The smallest absolute Gasteiger partial charge is 0.332 e. The topological polar surface area (TPSA) is 114 Å². The fourth-order valence-corrected chi connectivity index (χ4v) is 5.82. The summed E-state index contributed by atoms with van der Waals surface area (Å²) in [6.07, 6.45) is 0.